The van der Waals surface area contributed by atoms with Gasteiger partial charge in [-0.3, -0.25) is 10.1 Å². The fraction of sp³-hybridized carbons (Fsp3) is 0.391. The topological polar surface area (TPSA) is 53.5 Å². The summed E-state index contributed by atoms with van der Waals surface area (Å²) in [6, 6.07) is 18.1. The molecule has 1 heterocycles. The molecule has 1 fully saturated rings. The second kappa shape index (κ2) is 7.28. The van der Waals surface area contributed by atoms with Gasteiger partial charge in [-0.15, -0.1) is 0 Å². The van der Waals surface area contributed by atoms with Crippen molar-refractivity contribution in [2.75, 3.05) is 0 Å². The summed E-state index contributed by atoms with van der Waals surface area (Å²) < 4.78 is 0. The predicted molar refractivity (Wildman–Crippen MR) is 109 cm³/mol. The van der Waals surface area contributed by atoms with E-state index in [4.69, 9.17) is 0 Å². The van der Waals surface area contributed by atoms with Crippen molar-refractivity contribution in [1.29, 1.82) is 0 Å². The van der Waals surface area contributed by atoms with Crippen molar-refractivity contribution in [3.63, 3.8) is 0 Å². The van der Waals surface area contributed by atoms with Crippen LogP contribution in [-0.4, -0.2) is 17.7 Å². The third-order valence-corrected chi connectivity index (χ3v) is 6.04. The van der Waals surface area contributed by atoms with E-state index in [1.54, 1.807) is 6.21 Å². The van der Waals surface area contributed by atoms with E-state index in [1.165, 1.54) is 24.8 Å². The van der Waals surface area contributed by atoms with Gasteiger partial charge in [-0.05, 0) is 42.9 Å². The van der Waals surface area contributed by atoms with Gasteiger partial charge in [0.05, 0.1) is 6.21 Å². The van der Waals surface area contributed by atoms with Crippen LogP contribution in [0.15, 0.2) is 59.7 Å². The zero-order valence-electron chi connectivity index (χ0n) is 15.9. The smallest absolute Gasteiger partial charge is 0.264 e. The van der Waals surface area contributed by atoms with E-state index in [0.717, 1.165) is 30.4 Å². The molecule has 2 aromatic rings. The maximum atomic E-state index is 13.2. The van der Waals surface area contributed by atoms with Crippen LogP contribution in [0.4, 0.5) is 0 Å². The molecule has 2 aliphatic rings. The molecule has 2 aromatic carbocycles. The number of nitrogens with one attached hydrogen (secondary N) is 2. The minimum atomic E-state index is -0.778. The maximum Gasteiger partial charge on any atom is 0.264 e. The molecule has 140 valence electrons. The van der Waals surface area contributed by atoms with E-state index in [-0.39, 0.29) is 11.4 Å². The highest BCUT2D eigenvalue weighted by molar-refractivity contribution is 5.89. The molecule has 0 bridgehead atoms. The SMILES string of the molecule is C[C@@]1(C(=O)N/N=C\c2ccccc2)NC2(CCCCC2)Cc2ccccc21. The Morgan fingerprint density at radius 2 is 1.74 bits per heavy atom. The number of benzene rings is 2. The van der Waals surface area contributed by atoms with Crippen molar-refractivity contribution >= 4 is 12.1 Å². The van der Waals surface area contributed by atoms with Crippen LogP contribution >= 0.6 is 0 Å². The fourth-order valence-corrected chi connectivity index (χ4v) is 4.69. The van der Waals surface area contributed by atoms with E-state index in [0.29, 0.717) is 0 Å². The van der Waals surface area contributed by atoms with Crippen LogP contribution in [0.5, 0.6) is 0 Å². The number of hydrazone groups is 1. The number of carbonyl (C=O) groups excluding carboxylic acids is 1. The molecule has 0 aromatic heterocycles. The Bertz CT molecular complexity index is 840. The normalized spacial score (nSPS) is 23.9. The van der Waals surface area contributed by atoms with Gasteiger partial charge >= 0.3 is 0 Å². The van der Waals surface area contributed by atoms with Gasteiger partial charge in [0.1, 0.15) is 5.54 Å². The molecule has 2 N–H and O–H groups in total. The van der Waals surface area contributed by atoms with Crippen LogP contribution in [0.1, 0.15) is 55.7 Å². The van der Waals surface area contributed by atoms with Crippen LogP contribution in [-0.2, 0) is 16.8 Å². The molecule has 27 heavy (non-hydrogen) atoms. The average Bonchev–Trinajstić information content (AvgIpc) is 2.69. The van der Waals surface area contributed by atoms with Gasteiger partial charge in [0.2, 0.25) is 0 Å². The second-order valence-corrected chi connectivity index (χ2v) is 8.03. The summed E-state index contributed by atoms with van der Waals surface area (Å²) in [5, 5.41) is 7.97. The zero-order chi connectivity index (χ0) is 18.7. The molecular formula is C23H27N3O. The number of nitrogens with zero attached hydrogens (tertiary/aromatic N) is 1. The highest BCUT2D eigenvalue weighted by Crippen LogP contribution is 2.41. The summed E-state index contributed by atoms with van der Waals surface area (Å²) in [4.78, 5) is 13.2. The third-order valence-electron chi connectivity index (χ3n) is 6.04. The molecule has 4 nitrogen and oxygen atoms in total. The highest BCUT2D eigenvalue weighted by Gasteiger charge is 2.48. The Labute approximate surface area is 161 Å². The molecule has 0 unspecified atom stereocenters. The molecule has 1 aliphatic heterocycles. The Morgan fingerprint density at radius 1 is 1.04 bits per heavy atom. The lowest BCUT2D eigenvalue weighted by Gasteiger charge is -2.49. The monoisotopic (exact) mass is 361 g/mol. The molecule has 4 heteroatoms. The summed E-state index contributed by atoms with van der Waals surface area (Å²) in [5.41, 5.74) is 5.32. The van der Waals surface area contributed by atoms with Crippen molar-refractivity contribution in [3.05, 3.63) is 71.3 Å². The van der Waals surface area contributed by atoms with Crippen molar-refractivity contribution in [3.8, 4) is 0 Å². The molecule has 1 atom stereocenters. The van der Waals surface area contributed by atoms with Gasteiger partial charge < -0.3 is 0 Å². The Morgan fingerprint density at radius 3 is 2.52 bits per heavy atom. The molecular weight excluding hydrogens is 334 g/mol. The van der Waals surface area contributed by atoms with Crippen LogP contribution in [0, 0.1) is 0 Å². The second-order valence-electron chi connectivity index (χ2n) is 8.03. The summed E-state index contributed by atoms with van der Waals surface area (Å²) >= 11 is 0. The molecule has 4 rings (SSSR count). The summed E-state index contributed by atoms with van der Waals surface area (Å²) in [7, 11) is 0. The minimum absolute atomic E-state index is 0.0157. The van der Waals surface area contributed by atoms with Gasteiger partial charge in [-0.25, -0.2) is 5.43 Å². The standard InChI is InChI=1S/C23H27N3O/c1-22(21(27)25-24-17-18-10-4-2-5-11-18)20-13-7-6-12-19(20)16-23(26-22)14-8-3-9-15-23/h2,4-7,10-13,17,26H,3,8-9,14-16H2,1H3,(H,25,27)/b24-17-/t22-/m1/s1. The lowest BCUT2D eigenvalue weighted by Crippen LogP contribution is -2.65. The summed E-state index contributed by atoms with van der Waals surface area (Å²) in [5.74, 6) is -0.105. The van der Waals surface area contributed by atoms with Gasteiger partial charge in [0.15, 0.2) is 0 Å². The van der Waals surface area contributed by atoms with E-state index >= 15 is 0 Å². The van der Waals surface area contributed by atoms with Gasteiger partial charge in [0, 0.05) is 5.54 Å². The van der Waals surface area contributed by atoms with Crippen LogP contribution in [0.25, 0.3) is 0 Å². The van der Waals surface area contributed by atoms with Crippen LogP contribution < -0.4 is 10.7 Å². The Hall–Kier alpha value is -2.46. The first kappa shape index (κ1) is 17.9. The molecule has 0 saturated heterocycles. The van der Waals surface area contributed by atoms with Crippen LogP contribution in [0.3, 0.4) is 0 Å². The number of hydrogen-bond acceptors (Lipinski definition) is 3. The van der Waals surface area contributed by atoms with Gasteiger partial charge in [-0.2, -0.15) is 5.10 Å². The summed E-state index contributed by atoms with van der Waals surface area (Å²) in [6.45, 7) is 1.99. The average molecular weight is 361 g/mol. The van der Waals surface area contributed by atoms with E-state index in [1.807, 2.05) is 43.3 Å². The fourth-order valence-electron chi connectivity index (χ4n) is 4.69. The van der Waals surface area contributed by atoms with Crippen molar-refractivity contribution in [1.82, 2.24) is 10.7 Å². The van der Waals surface area contributed by atoms with Crippen LogP contribution in [0.2, 0.25) is 0 Å². The molecule has 1 amide bonds. The Balaban J connectivity index is 1.60. The lowest BCUT2D eigenvalue weighted by atomic mass is 9.69. The van der Waals surface area contributed by atoms with E-state index < -0.39 is 5.54 Å². The predicted octanol–water partition coefficient (Wildman–Crippen LogP) is 3.90. The maximum absolute atomic E-state index is 13.2. The number of rotatable bonds is 3. The first-order chi connectivity index (χ1) is 13.1. The Kier molecular flexibility index (Phi) is 4.83. The third kappa shape index (κ3) is 3.54. The number of fused-ring (bicyclic) bond motifs is 1. The van der Waals surface area contributed by atoms with Gasteiger partial charge in [-0.1, -0.05) is 73.9 Å². The summed E-state index contributed by atoms with van der Waals surface area (Å²) in [6.07, 6.45) is 8.66. The van der Waals surface area contributed by atoms with Crippen molar-refractivity contribution in [2.24, 2.45) is 5.10 Å². The van der Waals surface area contributed by atoms with Crippen molar-refractivity contribution in [2.45, 2.75) is 56.5 Å². The number of amides is 1. The molecule has 0 radical (unpaired) electrons. The number of hydrogen-bond donors (Lipinski definition) is 2. The zero-order valence-corrected chi connectivity index (χ0v) is 15.9. The minimum Gasteiger partial charge on any atom is -0.294 e. The first-order valence-electron chi connectivity index (χ1n) is 9.88. The molecule has 1 saturated carbocycles. The quantitative estimate of drug-likeness (QED) is 0.643. The van der Waals surface area contributed by atoms with E-state index in [9.17, 15) is 4.79 Å². The number of carbonyl (C=O) groups is 1. The van der Waals surface area contributed by atoms with Gasteiger partial charge in [0.25, 0.3) is 5.91 Å². The highest BCUT2D eigenvalue weighted by atomic mass is 16.2. The largest absolute Gasteiger partial charge is 0.294 e. The lowest BCUT2D eigenvalue weighted by molar-refractivity contribution is -0.129. The first-order valence-corrected chi connectivity index (χ1v) is 9.88. The van der Waals surface area contributed by atoms with Crippen molar-refractivity contribution < 1.29 is 4.79 Å². The molecule has 1 spiro atoms. The van der Waals surface area contributed by atoms with E-state index in [2.05, 4.69) is 34.0 Å². The molecule has 1 aliphatic carbocycles.